The fourth-order valence-corrected chi connectivity index (χ4v) is 3.78. The Morgan fingerprint density at radius 1 is 1.45 bits per heavy atom. The normalized spacial score (nSPS) is 23.6. The molecule has 3 heterocycles. The van der Waals surface area contributed by atoms with E-state index in [4.69, 9.17) is 0 Å². The van der Waals surface area contributed by atoms with Gasteiger partial charge in [-0.15, -0.1) is 11.3 Å². The van der Waals surface area contributed by atoms with Gasteiger partial charge in [0.05, 0.1) is 6.67 Å². The lowest BCUT2D eigenvalue weighted by molar-refractivity contribution is 0.297. The van der Waals surface area contributed by atoms with Gasteiger partial charge in [-0.1, -0.05) is 0 Å². The summed E-state index contributed by atoms with van der Waals surface area (Å²) in [7, 11) is 0. The Hall–Kier alpha value is -1.27. The zero-order valence-corrected chi connectivity index (χ0v) is 12.6. The van der Waals surface area contributed by atoms with Gasteiger partial charge in [0.15, 0.2) is 5.82 Å². The summed E-state index contributed by atoms with van der Waals surface area (Å²) in [4.78, 5) is 8.07. The molecule has 1 saturated heterocycles. The predicted molar refractivity (Wildman–Crippen MR) is 77.7 cm³/mol. The quantitative estimate of drug-likeness (QED) is 0.943. The molecule has 0 bridgehead atoms. The number of aromatic amines is 1. The van der Waals surface area contributed by atoms with Crippen LogP contribution < -0.4 is 0 Å². The maximum atomic E-state index is 13.3. The molecular weight excluding hydrogens is 275 g/mol. The van der Waals surface area contributed by atoms with Gasteiger partial charge in [0.1, 0.15) is 5.82 Å². The first-order valence-corrected chi connectivity index (χ1v) is 7.75. The Morgan fingerprint density at radius 3 is 2.90 bits per heavy atom. The second-order valence-corrected chi connectivity index (χ2v) is 6.52. The van der Waals surface area contributed by atoms with E-state index in [1.807, 2.05) is 6.92 Å². The highest BCUT2D eigenvalue weighted by Crippen LogP contribution is 2.33. The molecule has 0 saturated carbocycles. The molecule has 1 aliphatic rings. The van der Waals surface area contributed by atoms with Crippen molar-refractivity contribution in [2.45, 2.75) is 26.3 Å². The molecule has 0 amide bonds. The van der Waals surface area contributed by atoms with Gasteiger partial charge in [0.25, 0.3) is 0 Å². The largest absolute Gasteiger partial charge is 0.297 e. The number of nitrogens with zero attached hydrogens (tertiary/aromatic N) is 3. The molecule has 3 rings (SSSR count). The molecule has 1 N–H and O–H groups in total. The average Bonchev–Trinajstić information content (AvgIpc) is 3.11. The summed E-state index contributed by atoms with van der Waals surface area (Å²) in [6.07, 6.45) is 0. The monoisotopic (exact) mass is 294 g/mol. The van der Waals surface area contributed by atoms with E-state index < -0.39 is 0 Å². The number of nitrogens with one attached hydrogen (secondary N) is 1. The van der Waals surface area contributed by atoms with Crippen LogP contribution in [0.2, 0.25) is 0 Å². The Labute approximate surface area is 122 Å². The van der Waals surface area contributed by atoms with Crippen LogP contribution in [0.15, 0.2) is 11.4 Å². The first kappa shape index (κ1) is 13.7. The second kappa shape index (κ2) is 5.61. The lowest BCUT2D eigenvalue weighted by Gasteiger charge is -2.14. The molecule has 108 valence electrons. The van der Waals surface area contributed by atoms with Crippen LogP contribution in [-0.2, 0) is 6.54 Å². The number of rotatable bonds is 4. The van der Waals surface area contributed by atoms with Crippen molar-refractivity contribution in [2.24, 2.45) is 5.92 Å². The van der Waals surface area contributed by atoms with Gasteiger partial charge in [-0.25, -0.2) is 4.98 Å². The lowest BCUT2D eigenvalue weighted by atomic mass is 9.97. The molecule has 0 aromatic carbocycles. The van der Waals surface area contributed by atoms with E-state index in [0.29, 0.717) is 0 Å². The molecule has 2 atom stereocenters. The highest BCUT2D eigenvalue weighted by molar-refractivity contribution is 7.10. The summed E-state index contributed by atoms with van der Waals surface area (Å²) in [6, 6.07) is 2.14. The summed E-state index contributed by atoms with van der Waals surface area (Å²) in [6.45, 7) is 6.22. The fraction of sp³-hybridized carbons (Fsp3) is 0.571. The Morgan fingerprint density at radius 2 is 2.30 bits per heavy atom. The summed E-state index contributed by atoms with van der Waals surface area (Å²) in [5.74, 6) is 1.66. The molecule has 1 aliphatic heterocycles. The number of thiophene rings is 1. The van der Waals surface area contributed by atoms with Crippen molar-refractivity contribution in [1.29, 1.82) is 0 Å². The van der Waals surface area contributed by atoms with E-state index in [0.717, 1.165) is 31.3 Å². The smallest absolute Gasteiger partial charge is 0.155 e. The molecule has 0 aliphatic carbocycles. The van der Waals surface area contributed by atoms with Crippen LogP contribution in [0.5, 0.6) is 0 Å². The minimum absolute atomic E-state index is 0.00506. The van der Waals surface area contributed by atoms with Crippen molar-refractivity contribution in [3.63, 3.8) is 0 Å². The maximum Gasteiger partial charge on any atom is 0.155 e. The third-order valence-corrected chi connectivity index (χ3v) is 5.00. The van der Waals surface area contributed by atoms with Crippen molar-refractivity contribution >= 4 is 11.3 Å². The van der Waals surface area contributed by atoms with Crippen molar-refractivity contribution in [2.75, 3.05) is 19.8 Å². The van der Waals surface area contributed by atoms with E-state index in [1.54, 1.807) is 11.3 Å². The molecular formula is C14H19FN4S. The van der Waals surface area contributed by atoms with Gasteiger partial charge in [0, 0.05) is 36.3 Å². The van der Waals surface area contributed by atoms with Gasteiger partial charge in [-0.05, 0) is 30.9 Å². The minimum atomic E-state index is -0.307. The number of likely N-dealkylation sites (tertiary alicyclic amines) is 1. The first-order chi connectivity index (χ1) is 9.67. The number of aromatic nitrogens is 3. The third-order valence-electron chi connectivity index (χ3n) is 4.00. The SMILES string of the molecule is Cc1nc([C@@H]2CN(Cc3sccc3C)C[C@H]2CF)n[nH]1. The van der Waals surface area contributed by atoms with Gasteiger partial charge in [0.2, 0.25) is 0 Å². The maximum absolute atomic E-state index is 13.3. The van der Waals surface area contributed by atoms with E-state index in [2.05, 4.69) is 38.5 Å². The zero-order chi connectivity index (χ0) is 14.1. The molecule has 20 heavy (non-hydrogen) atoms. The van der Waals surface area contributed by atoms with Crippen molar-refractivity contribution < 1.29 is 4.39 Å². The van der Waals surface area contributed by atoms with E-state index in [9.17, 15) is 4.39 Å². The van der Waals surface area contributed by atoms with Gasteiger partial charge in [-0.2, -0.15) is 5.10 Å². The van der Waals surface area contributed by atoms with E-state index in [1.165, 1.54) is 10.4 Å². The summed E-state index contributed by atoms with van der Waals surface area (Å²) >= 11 is 1.77. The number of hydrogen-bond acceptors (Lipinski definition) is 4. The van der Waals surface area contributed by atoms with Crippen molar-refractivity contribution in [1.82, 2.24) is 20.1 Å². The Kier molecular flexibility index (Phi) is 3.85. The number of hydrogen-bond donors (Lipinski definition) is 1. The Bertz CT molecular complexity index is 579. The average molecular weight is 294 g/mol. The standard InChI is InChI=1S/C14H19FN4S/c1-9-3-4-20-13(9)8-19-6-11(5-15)12(7-19)14-16-10(2)17-18-14/h3-4,11-12H,5-8H2,1-2H3,(H,16,17,18)/t11-,12-/m1/s1. The van der Waals surface area contributed by atoms with Crippen LogP contribution in [0.1, 0.15) is 28.0 Å². The van der Waals surface area contributed by atoms with Gasteiger partial charge in [-0.3, -0.25) is 14.4 Å². The van der Waals surface area contributed by atoms with Crippen LogP contribution in [0.25, 0.3) is 0 Å². The third kappa shape index (κ3) is 2.62. The van der Waals surface area contributed by atoms with Crippen LogP contribution in [0, 0.1) is 19.8 Å². The molecule has 1 fully saturated rings. The molecule has 2 aromatic rings. The number of halogens is 1. The number of aryl methyl sites for hydroxylation is 2. The van der Waals surface area contributed by atoms with Crippen LogP contribution >= 0.6 is 11.3 Å². The molecule has 2 aromatic heterocycles. The number of alkyl halides is 1. The van der Waals surface area contributed by atoms with Crippen molar-refractivity contribution in [3.8, 4) is 0 Å². The molecule has 0 radical (unpaired) electrons. The summed E-state index contributed by atoms with van der Waals surface area (Å²) in [5.41, 5.74) is 1.32. The predicted octanol–water partition coefficient (Wildman–Crippen LogP) is 2.67. The van der Waals surface area contributed by atoms with Crippen LogP contribution in [0.3, 0.4) is 0 Å². The van der Waals surface area contributed by atoms with E-state index >= 15 is 0 Å². The van der Waals surface area contributed by atoms with Crippen LogP contribution in [-0.4, -0.2) is 39.8 Å². The number of H-pyrrole nitrogens is 1. The van der Waals surface area contributed by atoms with Gasteiger partial charge < -0.3 is 0 Å². The fourth-order valence-electron chi connectivity index (χ4n) is 2.83. The second-order valence-electron chi connectivity index (χ2n) is 5.52. The Balaban J connectivity index is 1.73. The molecule has 0 unspecified atom stereocenters. The summed E-state index contributed by atoms with van der Waals surface area (Å²) < 4.78 is 13.3. The van der Waals surface area contributed by atoms with Gasteiger partial charge >= 0.3 is 0 Å². The topological polar surface area (TPSA) is 44.8 Å². The molecule has 4 nitrogen and oxygen atoms in total. The van der Waals surface area contributed by atoms with Crippen LogP contribution in [0.4, 0.5) is 4.39 Å². The zero-order valence-electron chi connectivity index (χ0n) is 11.8. The molecule has 6 heteroatoms. The minimum Gasteiger partial charge on any atom is -0.297 e. The van der Waals surface area contributed by atoms with E-state index in [-0.39, 0.29) is 18.5 Å². The first-order valence-electron chi connectivity index (χ1n) is 6.87. The van der Waals surface area contributed by atoms with Crippen molar-refractivity contribution in [3.05, 3.63) is 33.5 Å². The highest BCUT2D eigenvalue weighted by Gasteiger charge is 2.36. The summed E-state index contributed by atoms with van der Waals surface area (Å²) in [5, 5.41) is 9.19. The molecule has 0 spiro atoms. The highest BCUT2D eigenvalue weighted by atomic mass is 32.1. The lowest BCUT2D eigenvalue weighted by Crippen LogP contribution is -2.20.